The van der Waals surface area contributed by atoms with Gasteiger partial charge in [-0.3, -0.25) is 10.1 Å². The van der Waals surface area contributed by atoms with Crippen molar-refractivity contribution < 1.29 is 22.7 Å². The smallest absolute Gasteiger partial charge is 0.322 e. The van der Waals surface area contributed by atoms with Crippen molar-refractivity contribution in [2.75, 3.05) is 6.26 Å². The molecule has 0 bridgehead atoms. The van der Waals surface area contributed by atoms with E-state index in [1.54, 1.807) is 31.2 Å². The molecule has 2 heterocycles. The van der Waals surface area contributed by atoms with Crippen LogP contribution in [0.3, 0.4) is 0 Å². The lowest BCUT2D eigenvalue weighted by molar-refractivity contribution is -0.127. The van der Waals surface area contributed by atoms with Crippen LogP contribution in [0.15, 0.2) is 43.0 Å². The summed E-state index contributed by atoms with van der Waals surface area (Å²) in [5, 5.41) is 4.99. The van der Waals surface area contributed by atoms with Gasteiger partial charge in [0.25, 0.3) is 5.91 Å². The van der Waals surface area contributed by atoms with E-state index in [2.05, 4.69) is 25.3 Å². The molecule has 3 amide bonds. The number of nitrogens with one attached hydrogen (secondary N) is 3. The van der Waals surface area contributed by atoms with Gasteiger partial charge in [-0.15, -0.1) is 0 Å². The minimum Gasteiger partial charge on any atom is -0.454 e. The second-order valence-electron chi connectivity index (χ2n) is 7.69. The highest BCUT2D eigenvalue weighted by atomic mass is 32.2. The third-order valence-electron chi connectivity index (χ3n) is 5.47. The fourth-order valence-electron chi connectivity index (χ4n) is 4.10. The topological polar surface area (TPSA) is 139 Å². The van der Waals surface area contributed by atoms with E-state index < -0.39 is 33.0 Å². The van der Waals surface area contributed by atoms with Crippen LogP contribution in [0.2, 0.25) is 0 Å². The number of benzene rings is 1. The van der Waals surface area contributed by atoms with Crippen molar-refractivity contribution in [3.8, 4) is 11.5 Å². The quantitative estimate of drug-likeness (QED) is 0.556. The van der Waals surface area contributed by atoms with Crippen LogP contribution in [0.1, 0.15) is 25.3 Å². The Balaban J connectivity index is 1.76. The zero-order valence-electron chi connectivity index (χ0n) is 16.4. The van der Waals surface area contributed by atoms with Crippen molar-refractivity contribution in [2.45, 2.75) is 30.8 Å². The maximum atomic E-state index is 12.9. The highest BCUT2D eigenvalue weighted by Crippen LogP contribution is 2.50. The molecule has 30 heavy (non-hydrogen) atoms. The number of aromatic nitrogens is 2. The van der Waals surface area contributed by atoms with E-state index >= 15 is 0 Å². The zero-order chi connectivity index (χ0) is 21.6. The van der Waals surface area contributed by atoms with Crippen molar-refractivity contribution in [1.29, 1.82) is 0 Å². The zero-order valence-corrected chi connectivity index (χ0v) is 17.2. The summed E-state index contributed by atoms with van der Waals surface area (Å²) in [6.07, 6.45) is 6.82. The Kier molecular flexibility index (Phi) is 4.74. The van der Waals surface area contributed by atoms with E-state index in [-0.39, 0.29) is 5.92 Å². The average Bonchev–Trinajstić information content (AvgIpc) is 3.47. The lowest BCUT2D eigenvalue weighted by Crippen LogP contribution is -2.69. The Morgan fingerprint density at radius 2 is 1.77 bits per heavy atom. The number of carbonyl (C=O) groups excluding carboxylic acids is 2. The highest BCUT2D eigenvalue weighted by molar-refractivity contribution is 7.88. The van der Waals surface area contributed by atoms with Gasteiger partial charge in [0.15, 0.2) is 5.75 Å². The Hall–Kier alpha value is -3.05. The van der Waals surface area contributed by atoms with Crippen molar-refractivity contribution in [3.63, 3.8) is 0 Å². The molecule has 1 saturated heterocycles. The molecule has 4 rings (SSSR count). The van der Waals surface area contributed by atoms with Gasteiger partial charge in [-0.1, -0.05) is 12.1 Å². The predicted octanol–water partition coefficient (Wildman–Crippen LogP) is 1.02. The van der Waals surface area contributed by atoms with Gasteiger partial charge in [0.05, 0.1) is 24.2 Å². The summed E-state index contributed by atoms with van der Waals surface area (Å²) >= 11 is 0. The van der Waals surface area contributed by atoms with Gasteiger partial charge < -0.3 is 10.1 Å². The van der Waals surface area contributed by atoms with Crippen molar-refractivity contribution >= 4 is 22.0 Å². The number of rotatable bonds is 7. The number of hydrogen-bond acceptors (Lipinski definition) is 7. The molecule has 1 aromatic heterocycles. The summed E-state index contributed by atoms with van der Waals surface area (Å²) in [5.74, 6) is 0.186. The van der Waals surface area contributed by atoms with Gasteiger partial charge >= 0.3 is 6.03 Å². The molecule has 158 valence electrons. The molecule has 10 nitrogen and oxygen atoms in total. The van der Waals surface area contributed by atoms with E-state index in [1.165, 1.54) is 18.7 Å². The monoisotopic (exact) mass is 431 g/mol. The number of nitrogens with zero attached hydrogens (tertiary/aromatic N) is 2. The standard InChI is InChI=1S/C19H21N5O5S/c1-18(24-30(2,27)28,19(13-3-4-13)16(25)22-17(26)23-19)12-5-7-14(8-6-12)29-15-9-20-11-21-10-15/h5-11,13,24H,3-4H2,1-2H3,(H2,22,23,25,26)/t18?,19-/m1/s1. The Morgan fingerprint density at radius 1 is 1.13 bits per heavy atom. The molecule has 0 radical (unpaired) electrons. The SMILES string of the molecule is CC(NS(C)(=O)=O)(c1ccc(Oc2cncnc2)cc1)[C@]1(C2CC2)NC(=O)NC1=O. The van der Waals surface area contributed by atoms with Crippen LogP contribution < -0.4 is 20.1 Å². The third-order valence-corrected chi connectivity index (χ3v) is 6.25. The summed E-state index contributed by atoms with van der Waals surface area (Å²) < 4.78 is 32.8. The minimum atomic E-state index is -3.74. The lowest BCUT2D eigenvalue weighted by Gasteiger charge is -2.44. The van der Waals surface area contributed by atoms with Crippen LogP contribution in [0.25, 0.3) is 0 Å². The van der Waals surface area contributed by atoms with E-state index in [0.717, 1.165) is 6.26 Å². The van der Waals surface area contributed by atoms with E-state index in [1.807, 2.05) is 0 Å². The molecule has 1 aliphatic heterocycles. The molecule has 2 atom stereocenters. The number of ether oxygens (including phenoxy) is 1. The molecule has 2 fully saturated rings. The molecule has 1 aromatic carbocycles. The second kappa shape index (κ2) is 7.03. The van der Waals surface area contributed by atoms with Gasteiger partial charge in [0.1, 0.15) is 17.6 Å². The van der Waals surface area contributed by atoms with Crippen LogP contribution >= 0.6 is 0 Å². The summed E-state index contributed by atoms with van der Waals surface area (Å²) in [5.41, 5.74) is -2.36. The lowest BCUT2D eigenvalue weighted by atomic mass is 9.70. The van der Waals surface area contributed by atoms with Crippen LogP contribution in [-0.4, -0.2) is 42.1 Å². The summed E-state index contributed by atoms with van der Waals surface area (Å²) in [7, 11) is -3.74. The first kappa shape index (κ1) is 20.2. The third kappa shape index (κ3) is 3.50. The molecule has 1 saturated carbocycles. The Bertz CT molecular complexity index is 1090. The maximum absolute atomic E-state index is 12.9. The number of imide groups is 1. The second-order valence-corrected chi connectivity index (χ2v) is 9.44. The summed E-state index contributed by atoms with van der Waals surface area (Å²) in [4.78, 5) is 32.8. The van der Waals surface area contributed by atoms with Crippen molar-refractivity contribution in [1.82, 2.24) is 25.3 Å². The fourth-order valence-corrected chi connectivity index (χ4v) is 5.12. The predicted molar refractivity (Wildman–Crippen MR) is 106 cm³/mol. The molecule has 3 N–H and O–H groups in total. The molecule has 2 aromatic rings. The molecule has 11 heteroatoms. The number of sulfonamides is 1. The van der Waals surface area contributed by atoms with E-state index in [9.17, 15) is 18.0 Å². The first-order chi connectivity index (χ1) is 14.1. The van der Waals surface area contributed by atoms with Crippen LogP contribution in [-0.2, 0) is 20.4 Å². The first-order valence-corrected chi connectivity index (χ1v) is 11.2. The minimum absolute atomic E-state index is 0.194. The van der Waals surface area contributed by atoms with Gasteiger partial charge in [-0.25, -0.2) is 27.9 Å². The van der Waals surface area contributed by atoms with Gasteiger partial charge in [-0.05, 0) is 43.4 Å². The van der Waals surface area contributed by atoms with Crippen LogP contribution in [0.4, 0.5) is 4.79 Å². The fraction of sp³-hybridized carbons (Fsp3) is 0.368. The Morgan fingerprint density at radius 3 is 2.27 bits per heavy atom. The average molecular weight is 431 g/mol. The van der Waals surface area contributed by atoms with Crippen molar-refractivity contribution in [3.05, 3.63) is 48.5 Å². The molecular weight excluding hydrogens is 410 g/mol. The molecule has 1 unspecified atom stereocenters. The maximum Gasteiger partial charge on any atom is 0.322 e. The van der Waals surface area contributed by atoms with Crippen molar-refractivity contribution in [2.24, 2.45) is 5.92 Å². The first-order valence-electron chi connectivity index (χ1n) is 9.30. The number of amides is 3. The molecular formula is C19H21N5O5S. The van der Waals surface area contributed by atoms with Gasteiger partial charge in [0.2, 0.25) is 10.0 Å². The van der Waals surface area contributed by atoms with Gasteiger partial charge in [-0.2, -0.15) is 0 Å². The number of urea groups is 1. The molecule has 0 spiro atoms. The number of carbonyl (C=O) groups is 2. The van der Waals surface area contributed by atoms with E-state index in [0.29, 0.717) is 29.9 Å². The summed E-state index contributed by atoms with van der Waals surface area (Å²) in [6, 6.07) is 6.00. The van der Waals surface area contributed by atoms with Crippen LogP contribution in [0.5, 0.6) is 11.5 Å². The van der Waals surface area contributed by atoms with E-state index in [4.69, 9.17) is 4.74 Å². The number of hydrogen-bond donors (Lipinski definition) is 3. The van der Waals surface area contributed by atoms with Crippen LogP contribution in [0, 0.1) is 5.92 Å². The normalized spacial score (nSPS) is 23.4. The Labute approximate surface area is 173 Å². The van der Waals surface area contributed by atoms with Gasteiger partial charge in [0, 0.05) is 0 Å². The summed E-state index contributed by atoms with van der Waals surface area (Å²) in [6.45, 7) is 1.61. The molecule has 2 aliphatic rings. The largest absolute Gasteiger partial charge is 0.454 e. The molecule has 1 aliphatic carbocycles. The highest BCUT2D eigenvalue weighted by Gasteiger charge is 2.66.